The van der Waals surface area contributed by atoms with E-state index in [1.807, 2.05) is 6.92 Å². The molecule has 0 aromatic rings. The summed E-state index contributed by atoms with van der Waals surface area (Å²) in [6.07, 6.45) is -0.0613. The van der Waals surface area contributed by atoms with Gasteiger partial charge in [-0.25, -0.2) is 0 Å². The van der Waals surface area contributed by atoms with Crippen LogP contribution in [0.25, 0.3) is 0 Å². The summed E-state index contributed by atoms with van der Waals surface area (Å²) in [6, 6.07) is -0.638. The Morgan fingerprint density at radius 2 is 2.07 bits per heavy atom. The minimum absolute atomic E-state index is 0.0286. The van der Waals surface area contributed by atoms with E-state index in [1.165, 1.54) is 4.90 Å². The van der Waals surface area contributed by atoms with E-state index in [1.54, 1.807) is 0 Å². The zero-order valence-corrected chi connectivity index (χ0v) is 8.05. The minimum Gasteiger partial charge on any atom is -0.386 e. The smallest absolute Gasteiger partial charge is 0.225 e. The monoisotopic (exact) mass is 201 g/mol. The van der Waals surface area contributed by atoms with Gasteiger partial charge in [0.2, 0.25) is 11.7 Å². The first-order valence-electron chi connectivity index (χ1n) is 4.88. The number of nitrogens with zero attached hydrogens (tertiary/aromatic N) is 1. The fourth-order valence-electron chi connectivity index (χ4n) is 2.33. The quantitative estimate of drug-likeness (QED) is 0.424. The number of aliphatic hydroxyl groups excluding tert-OH is 1. The van der Waals surface area contributed by atoms with Gasteiger partial charge in [0.25, 0.3) is 0 Å². The van der Waals surface area contributed by atoms with Gasteiger partial charge >= 0.3 is 0 Å². The minimum atomic E-state index is -2.13. The Kier molecular flexibility index (Phi) is 2.06. The molecule has 2 aliphatic heterocycles. The number of hydrogen-bond acceptors (Lipinski definition) is 4. The molecule has 2 saturated heterocycles. The molecule has 5 heteroatoms. The SMILES string of the molecule is CC1CCC2N(CC(O)C2(O)O)C1=O. The molecule has 5 nitrogen and oxygen atoms in total. The van der Waals surface area contributed by atoms with Gasteiger partial charge in [-0.2, -0.15) is 0 Å². The normalized spacial score (nSPS) is 41.3. The van der Waals surface area contributed by atoms with Gasteiger partial charge in [0, 0.05) is 5.92 Å². The van der Waals surface area contributed by atoms with Crippen molar-refractivity contribution in [3.8, 4) is 0 Å². The van der Waals surface area contributed by atoms with Gasteiger partial charge in [0.05, 0.1) is 12.6 Å². The molecule has 2 rings (SSSR count). The Morgan fingerprint density at radius 3 is 2.71 bits per heavy atom. The summed E-state index contributed by atoms with van der Waals surface area (Å²) in [6.45, 7) is 1.85. The van der Waals surface area contributed by atoms with Crippen molar-refractivity contribution >= 4 is 5.91 Å². The summed E-state index contributed by atoms with van der Waals surface area (Å²) in [4.78, 5) is 13.0. The molecule has 0 aromatic heterocycles. The van der Waals surface area contributed by atoms with Gasteiger partial charge in [0.1, 0.15) is 6.10 Å². The van der Waals surface area contributed by atoms with Gasteiger partial charge in [-0.05, 0) is 12.8 Å². The molecule has 80 valence electrons. The Balaban J connectivity index is 2.25. The molecular formula is C9H15NO4. The maximum Gasteiger partial charge on any atom is 0.225 e. The van der Waals surface area contributed by atoms with Crippen molar-refractivity contribution in [2.45, 2.75) is 37.7 Å². The van der Waals surface area contributed by atoms with Crippen LogP contribution in [0.1, 0.15) is 19.8 Å². The summed E-state index contributed by atoms with van der Waals surface area (Å²) in [5.74, 6) is -2.30. The molecule has 0 spiro atoms. The van der Waals surface area contributed by atoms with E-state index in [4.69, 9.17) is 0 Å². The lowest BCUT2D eigenvalue weighted by Gasteiger charge is -2.36. The molecule has 0 bridgehead atoms. The van der Waals surface area contributed by atoms with E-state index in [9.17, 15) is 20.1 Å². The molecule has 3 unspecified atom stereocenters. The Morgan fingerprint density at radius 1 is 1.43 bits per heavy atom. The molecule has 0 radical (unpaired) electrons. The third-order valence-electron chi connectivity index (χ3n) is 3.30. The van der Waals surface area contributed by atoms with Crippen molar-refractivity contribution in [2.24, 2.45) is 5.92 Å². The summed E-state index contributed by atoms with van der Waals surface area (Å²) in [7, 11) is 0. The van der Waals surface area contributed by atoms with E-state index < -0.39 is 17.9 Å². The highest BCUT2D eigenvalue weighted by Gasteiger charge is 2.55. The van der Waals surface area contributed by atoms with Crippen molar-refractivity contribution in [1.29, 1.82) is 0 Å². The number of carbonyl (C=O) groups is 1. The predicted octanol–water partition coefficient (Wildman–Crippen LogP) is -1.33. The highest BCUT2D eigenvalue weighted by Crippen LogP contribution is 2.35. The summed E-state index contributed by atoms with van der Waals surface area (Å²) in [5, 5.41) is 28.5. The Hall–Kier alpha value is -0.650. The fraction of sp³-hybridized carbons (Fsp3) is 0.889. The Bertz CT molecular complexity index is 266. The van der Waals surface area contributed by atoms with Crippen LogP contribution in [-0.4, -0.2) is 50.6 Å². The highest BCUT2D eigenvalue weighted by atomic mass is 16.5. The second kappa shape index (κ2) is 2.92. The standard InChI is InChI=1S/C9H15NO4/c1-5-2-3-6-9(13,14)7(11)4-10(6)8(5)12/h5-7,11,13-14H,2-4H2,1H3. The second-order valence-corrected chi connectivity index (χ2v) is 4.28. The van der Waals surface area contributed by atoms with Gasteiger partial charge in [0.15, 0.2) is 0 Å². The Labute approximate surface area is 82.0 Å². The van der Waals surface area contributed by atoms with Crippen molar-refractivity contribution in [2.75, 3.05) is 6.54 Å². The first kappa shape index (κ1) is 9.89. The van der Waals surface area contributed by atoms with Crippen LogP contribution in [0.15, 0.2) is 0 Å². The lowest BCUT2D eigenvalue weighted by molar-refractivity contribution is -0.224. The number of piperidine rings is 1. The number of amides is 1. The number of fused-ring (bicyclic) bond motifs is 1. The van der Waals surface area contributed by atoms with Crippen LogP contribution in [0.2, 0.25) is 0 Å². The maximum absolute atomic E-state index is 11.6. The first-order valence-corrected chi connectivity index (χ1v) is 4.88. The number of carbonyl (C=O) groups excluding carboxylic acids is 1. The van der Waals surface area contributed by atoms with Crippen LogP contribution in [0.4, 0.5) is 0 Å². The average molecular weight is 201 g/mol. The van der Waals surface area contributed by atoms with Gasteiger partial charge in [-0.1, -0.05) is 6.92 Å². The second-order valence-electron chi connectivity index (χ2n) is 4.28. The zero-order chi connectivity index (χ0) is 10.5. The van der Waals surface area contributed by atoms with Crippen LogP contribution >= 0.6 is 0 Å². The molecule has 0 aliphatic carbocycles. The van der Waals surface area contributed by atoms with Crippen LogP contribution in [0, 0.1) is 5.92 Å². The number of rotatable bonds is 0. The summed E-state index contributed by atoms with van der Waals surface area (Å²) < 4.78 is 0. The van der Waals surface area contributed by atoms with Gasteiger partial charge < -0.3 is 20.2 Å². The maximum atomic E-state index is 11.6. The average Bonchev–Trinajstić information content (AvgIpc) is 2.33. The molecule has 2 heterocycles. The third-order valence-corrected chi connectivity index (χ3v) is 3.30. The van der Waals surface area contributed by atoms with Crippen molar-refractivity contribution < 1.29 is 20.1 Å². The first-order chi connectivity index (χ1) is 6.44. The van der Waals surface area contributed by atoms with E-state index in [-0.39, 0.29) is 18.4 Å². The predicted molar refractivity (Wildman–Crippen MR) is 47.1 cm³/mol. The van der Waals surface area contributed by atoms with Crippen LogP contribution < -0.4 is 0 Å². The zero-order valence-electron chi connectivity index (χ0n) is 8.05. The fourth-order valence-corrected chi connectivity index (χ4v) is 2.33. The molecular weight excluding hydrogens is 186 g/mol. The highest BCUT2D eigenvalue weighted by molar-refractivity contribution is 5.80. The van der Waals surface area contributed by atoms with Gasteiger partial charge in [-0.15, -0.1) is 0 Å². The van der Waals surface area contributed by atoms with E-state index in [0.717, 1.165) is 0 Å². The molecule has 0 aromatic carbocycles. The van der Waals surface area contributed by atoms with E-state index >= 15 is 0 Å². The van der Waals surface area contributed by atoms with Crippen LogP contribution in [0.3, 0.4) is 0 Å². The van der Waals surface area contributed by atoms with Crippen LogP contribution in [0.5, 0.6) is 0 Å². The number of aliphatic hydroxyl groups is 3. The molecule has 0 saturated carbocycles. The largest absolute Gasteiger partial charge is 0.386 e. The number of hydrogen-bond donors (Lipinski definition) is 3. The molecule has 2 aliphatic rings. The van der Waals surface area contributed by atoms with Crippen LogP contribution in [-0.2, 0) is 4.79 Å². The lowest BCUT2D eigenvalue weighted by atomic mass is 9.91. The van der Waals surface area contributed by atoms with E-state index in [0.29, 0.717) is 12.8 Å². The summed E-state index contributed by atoms with van der Waals surface area (Å²) >= 11 is 0. The van der Waals surface area contributed by atoms with Crippen molar-refractivity contribution in [3.05, 3.63) is 0 Å². The summed E-state index contributed by atoms with van der Waals surface area (Å²) in [5.41, 5.74) is 0. The van der Waals surface area contributed by atoms with Crippen molar-refractivity contribution in [3.63, 3.8) is 0 Å². The molecule has 1 amide bonds. The molecule has 3 atom stereocenters. The molecule has 14 heavy (non-hydrogen) atoms. The molecule has 2 fully saturated rings. The lowest BCUT2D eigenvalue weighted by Crippen LogP contribution is -2.53. The molecule has 3 N–H and O–H groups in total. The van der Waals surface area contributed by atoms with Crippen molar-refractivity contribution in [1.82, 2.24) is 4.90 Å². The van der Waals surface area contributed by atoms with Gasteiger partial charge in [-0.3, -0.25) is 4.79 Å². The third kappa shape index (κ3) is 1.16. The topological polar surface area (TPSA) is 81.0 Å². The van der Waals surface area contributed by atoms with E-state index in [2.05, 4.69) is 0 Å².